The van der Waals surface area contributed by atoms with Gasteiger partial charge in [0, 0.05) is 19.4 Å². The zero-order valence-electron chi connectivity index (χ0n) is 16.8. The lowest BCUT2D eigenvalue weighted by molar-refractivity contribution is -0.0139. The fourth-order valence-electron chi connectivity index (χ4n) is 4.06. The number of methoxy groups -OCH3 is 1. The molecule has 1 aliphatic rings. The molecule has 0 saturated heterocycles. The van der Waals surface area contributed by atoms with Gasteiger partial charge < -0.3 is 4.74 Å². The third-order valence-corrected chi connectivity index (χ3v) is 11.6. The van der Waals surface area contributed by atoms with Crippen molar-refractivity contribution in [2.24, 2.45) is 5.92 Å². The molecule has 0 N–H and O–H groups in total. The highest BCUT2D eigenvalue weighted by atomic mass is 32.3. The number of sulfone groups is 2. The molecule has 0 aromatic heterocycles. The van der Waals surface area contributed by atoms with Crippen molar-refractivity contribution in [3.63, 3.8) is 0 Å². The molecule has 0 heterocycles. The van der Waals surface area contributed by atoms with Crippen LogP contribution in [0.2, 0.25) is 0 Å². The highest BCUT2D eigenvalue weighted by Gasteiger charge is 2.62. The Morgan fingerprint density at radius 3 is 1.69 bits per heavy atom. The van der Waals surface area contributed by atoms with Gasteiger partial charge >= 0.3 is 0 Å². The van der Waals surface area contributed by atoms with E-state index in [1.807, 2.05) is 13.8 Å². The lowest BCUT2D eigenvalue weighted by atomic mass is 9.87. The van der Waals surface area contributed by atoms with Crippen molar-refractivity contribution in [1.29, 1.82) is 0 Å². The smallest absolute Gasteiger partial charge is 0.199 e. The summed E-state index contributed by atoms with van der Waals surface area (Å²) in [7, 11) is -6.96. The van der Waals surface area contributed by atoms with Crippen molar-refractivity contribution in [1.82, 2.24) is 0 Å². The molecule has 0 radical (unpaired) electrons. The van der Waals surface area contributed by atoms with Crippen LogP contribution in [0.5, 0.6) is 0 Å². The van der Waals surface area contributed by atoms with E-state index in [0.717, 1.165) is 0 Å². The minimum absolute atomic E-state index is 0.0109. The first-order valence-electron chi connectivity index (χ1n) is 9.32. The number of benzene rings is 2. The Kier molecular flexibility index (Phi) is 5.53. The molecule has 2 aromatic carbocycles. The molecule has 7 heteroatoms. The van der Waals surface area contributed by atoms with Crippen LogP contribution in [0.1, 0.15) is 26.7 Å². The van der Waals surface area contributed by atoms with Gasteiger partial charge in [-0.05, 0) is 44.5 Å². The molecule has 0 spiro atoms. The van der Waals surface area contributed by atoms with Gasteiger partial charge in [-0.15, -0.1) is 0 Å². The summed E-state index contributed by atoms with van der Waals surface area (Å²) in [6, 6.07) is 15.5. The van der Waals surface area contributed by atoms with E-state index in [4.69, 9.17) is 4.74 Å². The summed E-state index contributed by atoms with van der Waals surface area (Å²) in [6.07, 6.45) is -0.278. The maximum Gasteiger partial charge on any atom is 0.199 e. The Labute approximate surface area is 173 Å². The van der Waals surface area contributed by atoms with Gasteiger partial charge in [-0.3, -0.25) is 0 Å². The largest absolute Gasteiger partial charge is 0.378 e. The number of hydrogen-bond donors (Lipinski definition) is 0. The van der Waals surface area contributed by atoms with Crippen LogP contribution in [0.15, 0.2) is 82.6 Å². The van der Waals surface area contributed by atoms with E-state index in [2.05, 4.69) is 6.58 Å². The van der Waals surface area contributed by atoms with Crippen LogP contribution < -0.4 is 0 Å². The molecule has 1 fully saturated rings. The lowest BCUT2D eigenvalue weighted by Crippen LogP contribution is -2.45. The summed E-state index contributed by atoms with van der Waals surface area (Å²) in [5, 5.41) is 0. The molecule has 1 aliphatic carbocycles. The average molecular weight is 435 g/mol. The van der Waals surface area contributed by atoms with Crippen molar-refractivity contribution in [2.45, 2.75) is 46.2 Å². The van der Waals surface area contributed by atoms with Crippen LogP contribution in [0.25, 0.3) is 0 Å². The third kappa shape index (κ3) is 3.35. The first-order valence-corrected chi connectivity index (χ1v) is 12.3. The van der Waals surface area contributed by atoms with Crippen LogP contribution in [0.3, 0.4) is 0 Å². The lowest BCUT2D eigenvalue weighted by Gasteiger charge is -2.33. The monoisotopic (exact) mass is 434 g/mol. The van der Waals surface area contributed by atoms with Crippen molar-refractivity contribution in [3.8, 4) is 0 Å². The fraction of sp³-hybridized carbons (Fsp3) is 0.364. The van der Waals surface area contributed by atoms with E-state index in [9.17, 15) is 16.8 Å². The van der Waals surface area contributed by atoms with Gasteiger partial charge in [0.15, 0.2) is 23.8 Å². The van der Waals surface area contributed by atoms with E-state index in [1.54, 1.807) is 36.4 Å². The molecule has 5 nitrogen and oxygen atoms in total. The zero-order valence-corrected chi connectivity index (χ0v) is 18.5. The van der Waals surface area contributed by atoms with Crippen LogP contribution in [0.4, 0.5) is 0 Å². The number of rotatable bonds is 6. The van der Waals surface area contributed by atoms with Gasteiger partial charge in [-0.2, -0.15) is 0 Å². The van der Waals surface area contributed by atoms with Gasteiger partial charge in [0.25, 0.3) is 0 Å². The van der Waals surface area contributed by atoms with E-state index in [1.165, 1.54) is 31.4 Å². The van der Waals surface area contributed by atoms with Gasteiger partial charge in [0.1, 0.15) is 0 Å². The standard InChI is InChI=1S/C22H26O5S2/c1-17-15-22(16-20(17)21(2,3)27-4,28(23,24)18-11-7-5-8-12-18)29(25,26)19-13-9-6-10-14-19/h5-14,20H,1,15-16H2,2-4H3. The Morgan fingerprint density at radius 2 is 1.31 bits per heavy atom. The maximum absolute atomic E-state index is 13.8. The molecule has 1 unspecified atom stereocenters. The van der Waals surface area contributed by atoms with Crippen LogP contribution >= 0.6 is 0 Å². The van der Waals surface area contributed by atoms with Gasteiger partial charge in [-0.1, -0.05) is 48.6 Å². The van der Waals surface area contributed by atoms with Crippen molar-refractivity contribution in [3.05, 3.63) is 72.8 Å². The first kappa shape index (κ1) is 21.7. The molecule has 0 amide bonds. The average Bonchev–Trinajstić information content (AvgIpc) is 3.10. The Bertz CT molecular complexity index is 1030. The molecule has 1 saturated carbocycles. The molecule has 2 aromatic rings. The second-order valence-electron chi connectivity index (χ2n) is 7.94. The third-order valence-electron chi connectivity index (χ3n) is 5.96. The SMILES string of the molecule is C=C1CC(S(=O)(=O)c2ccccc2)(S(=O)(=O)c2ccccc2)CC1C(C)(C)OC. The first-order chi connectivity index (χ1) is 13.5. The van der Waals surface area contributed by atoms with Gasteiger partial charge in [-0.25, -0.2) is 16.8 Å². The summed E-state index contributed by atoms with van der Waals surface area (Å²) in [5.41, 5.74) is -0.187. The second-order valence-corrected chi connectivity index (χ2v) is 12.7. The summed E-state index contributed by atoms with van der Waals surface area (Å²) in [6.45, 7) is 7.70. The maximum atomic E-state index is 13.8. The molecule has 1 atom stereocenters. The summed E-state index contributed by atoms with van der Waals surface area (Å²) < 4.78 is 58.8. The molecular weight excluding hydrogens is 408 g/mol. The molecule has 3 rings (SSSR count). The Hall–Kier alpha value is -1.96. The quantitative estimate of drug-likeness (QED) is 0.642. The van der Waals surface area contributed by atoms with E-state index >= 15 is 0 Å². The predicted molar refractivity (Wildman–Crippen MR) is 113 cm³/mol. The second kappa shape index (κ2) is 7.38. The van der Waals surface area contributed by atoms with E-state index in [0.29, 0.717) is 5.57 Å². The number of hydrogen-bond acceptors (Lipinski definition) is 5. The Morgan fingerprint density at radius 1 is 0.897 bits per heavy atom. The zero-order chi connectivity index (χ0) is 21.5. The van der Waals surface area contributed by atoms with Crippen LogP contribution in [-0.4, -0.2) is 33.6 Å². The van der Waals surface area contributed by atoms with Crippen molar-refractivity contribution >= 4 is 19.7 Å². The summed E-state index contributed by atoms with van der Waals surface area (Å²) in [5.74, 6) is -0.426. The highest BCUT2D eigenvalue weighted by Crippen LogP contribution is 2.54. The van der Waals surface area contributed by atoms with Gasteiger partial charge in [0.05, 0.1) is 15.4 Å². The molecular formula is C22H26O5S2. The summed E-state index contributed by atoms with van der Waals surface area (Å²) in [4.78, 5) is -0.0219. The normalized spacial score (nSPS) is 20.0. The summed E-state index contributed by atoms with van der Waals surface area (Å²) >= 11 is 0. The minimum atomic E-state index is -4.24. The molecule has 156 valence electrons. The number of ether oxygens (including phenoxy) is 1. The molecule has 0 bridgehead atoms. The predicted octanol–water partition coefficient (Wildman–Crippen LogP) is 4.02. The van der Waals surface area contributed by atoms with E-state index in [-0.39, 0.29) is 22.6 Å². The Balaban J connectivity index is 2.29. The molecule has 29 heavy (non-hydrogen) atoms. The van der Waals surface area contributed by atoms with Gasteiger partial charge in [0.2, 0.25) is 0 Å². The highest BCUT2D eigenvalue weighted by molar-refractivity contribution is 8.10. The van der Waals surface area contributed by atoms with Crippen LogP contribution in [-0.2, 0) is 24.4 Å². The fourth-order valence-corrected chi connectivity index (χ4v) is 9.20. The van der Waals surface area contributed by atoms with E-state index < -0.39 is 35.3 Å². The van der Waals surface area contributed by atoms with Crippen molar-refractivity contribution < 1.29 is 21.6 Å². The topological polar surface area (TPSA) is 77.5 Å². The minimum Gasteiger partial charge on any atom is -0.378 e. The van der Waals surface area contributed by atoms with Crippen LogP contribution in [0, 0.1) is 5.92 Å². The van der Waals surface area contributed by atoms with Crippen molar-refractivity contribution in [2.75, 3.05) is 7.11 Å². The molecule has 0 aliphatic heterocycles.